The molecule has 0 unspecified atom stereocenters. The fourth-order valence-electron chi connectivity index (χ4n) is 2.19. The first-order chi connectivity index (χ1) is 9.26. The zero-order chi connectivity index (χ0) is 13.7. The van der Waals surface area contributed by atoms with Crippen molar-refractivity contribution in [2.24, 2.45) is 0 Å². The molecule has 0 spiro atoms. The smallest absolute Gasteiger partial charge is 0.426 e. The van der Waals surface area contributed by atoms with Crippen LogP contribution in [0.2, 0.25) is 0 Å². The molecule has 3 heteroatoms. The SMILES string of the molecule is CCc1cccc(CC)c1C(=O)[P-]c1ccccc1.[Li+]. The van der Waals surface area contributed by atoms with Crippen LogP contribution in [-0.4, -0.2) is 5.52 Å². The minimum absolute atomic E-state index is 0. The number of hydrogen-bond donors (Lipinski definition) is 0. The van der Waals surface area contributed by atoms with Crippen molar-refractivity contribution in [3.8, 4) is 0 Å². The fourth-order valence-corrected chi connectivity index (χ4v) is 3.15. The Labute approximate surface area is 135 Å². The van der Waals surface area contributed by atoms with Gasteiger partial charge >= 0.3 is 18.9 Å². The van der Waals surface area contributed by atoms with Gasteiger partial charge in [0.2, 0.25) is 0 Å². The molecule has 0 aromatic heterocycles. The summed E-state index contributed by atoms with van der Waals surface area (Å²) in [6, 6.07) is 16.1. The number of benzene rings is 2. The van der Waals surface area contributed by atoms with E-state index in [9.17, 15) is 4.79 Å². The second-order valence-electron chi connectivity index (χ2n) is 4.41. The molecule has 2 aromatic rings. The first kappa shape index (κ1) is 17.2. The second kappa shape index (κ2) is 8.43. The van der Waals surface area contributed by atoms with Crippen molar-refractivity contribution in [3.05, 3.63) is 65.2 Å². The van der Waals surface area contributed by atoms with Gasteiger partial charge in [-0.1, -0.05) is 62.4 Å². The average Bonchev–Trinajstić information content (AvgIpc) is 2.47. The van der Waals surface area contributed by atoms with E-state index in [1.165, 1.54) is 0 Å². The summed E-state index contributed by atoms with van der Waals surface area (Å²) in [5.74, 6) is 0. The van der Waals surface area contributed by atoms with Crippen LogP contribution in [0.1, 0.15) is 35.3 Å². The largest absolute Gasteiger partial charge is 1.00 e. The van der Waals surface area contributed by atoms with Crippen molar-refractivity contribution in [1.29, 1.82) is 0 Å². The number of hydrogen-bond acceptors (Lipinski definition) is 1. The average molecular weight is 276 g/mol. The molecule has 0 fully saturated rings. The number of carbonyl (C=O) groups excluding carboxylic acids is 1. The van der Waals surface area contributed by atoms with Crippen molar-refractivity contribution < 1.29 is 23.7 Å². The van der Waals surface area contributed by atoms with Gasteiger partial charge in [0.15, 0.2) is 0 Å². The topological polar surface area (TPSA) is 17.1 Å². The molecule has 0 aliphatic heterocycles. The van der Waals surface area contributed by atoms with E-state index in [1.54, 1.807) is 0 Å². The maximum Gasteiger partial charge on any atom is 1.00 e. The van der Waals surface area contributed by atoms with Gasteiger partial charge in [-0.05, 0) is 29.5 Å². The fraction of sp³-hybridized carbons (Fsp3) is 0.235. The van der Waals surface area contributed by atoms with Gasteiger partial charge in [-0.15, -0.1) is 0 Å². The Bertz CT molecular complexity index is 544. The van der Waals surface area contributed by atoms with Gasteiger partial charge in [-0.2, -0.15) is 5.30 Å². The molecule has 0 atom stereocenters. The minimum atomic E-state index is 0. The van der Waals surface area contributed by atoms with Crippen molar-refractivity contribution in [3.63, 3.8) is 0 Å². The summed E-state index contributed by atoms with van der Waals surface area (Å²) in [7, 11) is 0.766. The Balaban J connectivity index is 0.00000200. The van der Waals surface area contributed by atoms with Crippen molar-refractivity contribution in [2.75, 3.05) is 0 Å². The number of rotatable bonds is 5. The summed E-state index contributed by atoms with van der Waals surface area (Å²) in [5, 5.41) is 1.06. The van der Waals surface area contributed by atoms with Crippen LogP contribution in [0.15, 0.2) is 48.5 Å². The van der Waals surface area contributed by atoms with Gasteiger partial charge < -0.3 is 13.4 Å². The van der Waals surface area contributed by atoms with Crippen molar-refractivity contribution >= 4 is 19.4 Å². The summed E-state index contributed by atoms with van der Waals surface area (Å²) >= 11 is 0. The van der Waals surface area contributed by atoms with E-state index >= 15 is 0 Å². The van der Waals surface area contributed by atoms with Crippen LogP contribution < -0.4 is 24.2 Å². The van der Waals surface area contributed by atoms with Crippen molar-refractivity contribution in [1.82, 2.24) is 0 Å². The molecule has 1 nitrogen and oxygen atoms in total. The van der Waals surface area contributed by atoms with Crippen LogP contribution in [-0.2, 0) is 12.8 Å². The standard InChI is InChI=1S/C17H18OP.Li/c1-3-13-9-8-10-14(4-2)16(13)17(18)19-15-11-6-5-7-12-15;/h5-12H,3-4H2,1-2H3;/q-1;+1. The molecule has 0 aliphatic carbocycles. The molecular weight excluding hydrogens is 258 g/mol. The summed E-state index contributed by atoms with van der Waals surface area (Å²) in [5.41, 5.74) is 3.46. The number of aryl methyl sites for hydroxylation is 2. The van der Waals surface area contributed by atoms with E-state index in [2.05, 4.69) is 26.0 Å². The quantitative estimate of drug-likeness (QED) is 0.593. The minimum Gasteiger partial charge on any atom is -0.426 e. The third-order valence-corrected chi connectivity index (χ3v) is 4.18. The number of carbonyl (C=O) groups is 1. The Morgan fingerprint density at radius 3 is 1.95 bits per heavy atom. The van der Waals surface area contributed by atoms with E-state index in [4.69, 9.17) is 0 Å². The zero-order valence-electron chi connectivity index (χ0n) is 12.4. The third kappa shape index (κ3) is 4.06. The molecule has 2 rings (SSSR count). The molecule has 0 saturated heterocycles. The van der Waals surface area contributed by atoms with Crippen LogP contribution in [0, 0.1) is 0 Å². The van der Waals surface area contributed by atoms with Gasteiger partial charge in [-0.25, -0.2) is 0 Å². The second-order valence-corrected chi connectivity index (χ2v) is 5.56. The predicted octanol–water partition coefficient (Wildman–Crippen LogP) is 1.23. The van der Waals surface area contributed by atoms with Gasteiger partial charge in [0.25, 0.3) is 0 Å². The first-order valence-corrected chi connectivity index (χ1v) is 7.57. The summed E-state index contributed by atoms with van der Waals surface area (Å²) in [6.45, 7) is 4.20. The summed E-state index contributed by atoms with van der Waals surface area (Å²) < 4.78 is 0. The van der Waals surface area contributed by atoms with E-state index < -0.39 is 0 Å². The first-order valence-electron chi connectivity index (χ1n) is 6.68. The van der Waals surface area contributed by atoms with Crippen LogP contribution in [0.4, 0.5) is 0 Å². The monoisotopic (exact) mass is 276 g/mol. The molecule has 0 amide bonds. The Kier molecular flexibility index (Phi) is 7.25. The normalized spacial score (nSPS) is 10.5. The maximum atomic E-state index is 12.6. The maximum absolute atomic E-state index is 12.6. The van der Waals surface area contributed by atoms with Gasteiger partial charge in [0, 0.05) is 5.52 Å². The molecule has 0 heterocycles. The van der Waals surface area contributed by atoms with Crippen LogP contribution in [0.3, 0.4) is 0 Å². The van der Waals surface area contributed by atoms with Gasteiger partial charge in [0.05, 0.1) is 0 Å². The molecule has 0 N–H and O–H groups in total. The molecule has 20 heavy (non-hydrogen) atoms. The molecule has 0 bridgehead atoms. The molecule has 0 radical (unpaired) electrons. The van der Waals surface area contributed by atoms with E-state index in [1.807, 2.05) is 36.4 Å². The zero-order valence-corrected chi connectivity index (χ0v) is 13.3. The summed E-state index contributed by atoms with van der Waals surface area (Å²) in [4.78, 5) is 12.6. The Morgan fingerprint density at radius 1 is 0.900 bits per heavy atom. The van der Waals surface area contributed by atoms with Crippen LogP contribution >= 0.6 is 8.58 Å². The van der Waals surface area contributed by atoms with Crippen LogP contribution in [0.25, 0.3) is 0 Å². The molecule has 2 aromatic carbocycles. The van der Waals surface area contributed by atoms with E-state index in [-0.39, 0.29) is 24.4 Å². The molecule has 0 aliphatic rings. The predicted molar refractivity (Wildman–Crippen MR) is 82.5 cm³/mol. The Hall–Kier alpha value is -0.863. The van der Waals surface area contributed by atoms with Gasteiger partial charge in [0.1, 0.15) is 0 Å². The molecule has 98 valence electrons. The van der Waals surface area contributed by atoms with Crippen LogP contribution in [0.5, 0.6) is 0 Å². The molecular formula is C17H18LiOP. The van der Waals surface area contributed by atoms with E-state index in [0.29, 0.717) is 0 Å². The van der Waals surface area contributed by atoms with Crippen molar-refractivity contribution in [2.45, 2.75) is 26.7 Å². The third-order valence-electron chi connectivity index (χ3n) is 3.20. The van der Waals surface area contributed by atoms with Gasteiger partial charge in [-0.3, -0.25) is 0 Å². The Morgan fingerprint density at radius 2 is 1.45 bits per heavy atom. The molecule has 0 saturated carbocycles. The summed E-state index contributed by atoms with van der Waals surface area (Å²) in [6.07, 6.45) is 1.80. The van der Waals surface area contributed by atoms with E-state index in [0.717, 1.165) is 43.4 Å².